The summed E-state index contributed by atoms with van der Waals surface area (Å²) >= 11 is 3.49. The van der Waals surface area contributed by atoms with Crippen LogP contribution in [0.4, 0.5) is 5.69 Å². The van der Waals surface area contributed by atoms with Crippen LogP contribution in [-0.2, 0) is 4.79 Å². The van der Waals surface area contributed by atoms with Gasteiger partial charge in [0.2, 0.25) is 11.6 Å². The molecule has 4 aromatic rings. The Labute approximate surface area is 211 Å². The van der Waals surface area contributed by atoms with Gasteiger partial charge in [-0.2, -0.15) is 0 Å². The van der Waals surface area contributed by atoms with E-state index in [4.69, 9.17) is 23.4 Å². The third kappa shape index (κ3) is 5.19. The van der Waals surface area contributed by atoms with E-state index in [9.17, 15) is 4.79 Å². The van der Waals surface area contributed by atoms with Gasteiger partial charge in [-0.25, -0.2) is 4.98 Å². The summed E-state index contributed by atoms with van der Waals surface area (Å²) in [5.74, 6) is 2.21. The summed E-state index contributed by atoms with van der Waals surface area (Å²) in [6.45, 7) is 3.81. The zero-order chi connectivity index (χ0) is 25.1. The maximum Gasteiger partial charge on any atom is 0.262 e. The Hall–Kier alpha value is -3.72. The lowest BCUT2D eigenvalue weighted by Gasteiger charge is -2.12. The monoisotopic (exact) mass is 540 g/mol. The lowest BCUT2D eigenvalue weighted by molar-refractivity contribution is -0.118. The summed E-state index contributed by atoms with van der Waals surface area (Å²) in [7, 11) is 4.64. The SMILES string of the molecule is COc1cc(-c2nc3cc(NC(=O)COc4c(C)cc(C)cc4Br)ccc3o2)cc(OC)c1OC. The molecule has 0 saturated carbocycles. The summed E-state index contributed by atoms with van der Waals surface area (Å²) in [5, 5.41) is 2.84. The number of nitrogens with one attached hydrogen (secondary N) is 1. The van der Waals surface area contributed by atoms with E-state index in [0.717, 1.165) is 15.6 Å². The van der Waals surface area contributed by atoms with Crippen molar-refractivity contribution in [1.29, 1.82) is 0 Å². The predicted molar refractivity (Wildman–Crippen MR) is 137 cm³/mol. The van der Waals surface area contributed by atoms with E-state index in [1.165, 1.54) is 0 Å². The fourth-order valence-electron chi connectivity index (χ4n) is 3.75. The molecule has 4 rings (SSSR count). The first kappa shape index (κ1) is 24.4. The van der Waals surface area contributed by atoms with E-state index in [1.807, 2.05) is 26.0 Å². The molecule has 0 atom stereocenters. The molecule has 0 aliphatic heterocycles. The van der Waals surface area contributed by atoms with Crippen molar-refractivity contribution in [1.82, 2.24) is 4.98 Å². The van der Waals surface area contributed by atoms with Gasteiger partial charge in [0.25, 0.3) is 5.91 Å². The minimum atomic E-state index is -0.287. The first-order valence-corrected chi connectivity index (χ1v) is 11.5. The van der Waals surface area contributed by atoms with Gasteiger partial charge in [-0.15, -0.1) is 0 Å². The Balaban J connectivity index is 1.52. The van der Waals surface area contributed by atoms with Gasteiger partial charge in [0.05, 0.1) is 25.8 Å². The van der Waals surface area contributed by atoms with Crippen LogP contribution >= 0.6 is 15.9 Å². The number of oxazole rings is 1. The highest BCUT2D eigenvalue weighted by Gasteiger charge is 2.18. The number of carbonyl (C=O) groups is 1. The quantitative estimate of drug-likeness (QED) is 0.296. The number of benzene rings is 3. The van der Waals surface area contributed by atoms with Crippen LogP contribution in [0.15, 0.2) is 51.4 Å². The number of nitrogens with zero attached hydrogens (tertiary/aromatic N) is 1. The van der Waals surface area contributed by atoms with E-state index in [2.05, 4.69) is 26.2 Å². The highest BCUT2D eigenvalue weighted by atomic mass is 79.9. The van der Waals surface area contributed by atoms with Crippen LogP contribution in [0.1, 0.15) is 11.1 Å². The number of aromatic nitrogens is 1. The highest BCUT2D eigenvalue weighted by molar-refractivity contribution is 9.10. The van der Waals surface area contributed by atoms with Gasteiger partial charge in [-0.1, -0.05) is 6.07 Å². The number of fused-ring (bicyclic) bond motifs is 1. The lowest BCUT2D eigenvalue weighted by Crippen LogP contribution is -2.20. The molecule has 0 fully saturated rings. The second-order valence-corrected chi connectivity index (χ2v) is 8.70. The number of ether oxygens (including phenoxy) is 4. The maximum absolute atomic E-state index is 12.5. The number of hydrogen-bond acceptors (Lipinski definition) is 7. The van der Waals surface area contributed by atoms with E-state index < -0.39 is 0 Å². The van der Waals surface area contributed by atoms with Gasteiger partial charge in [-0.3, -0.25) is 4.79 Å². The van der Waals surface area contributed by atoms with Crippen molar-refractivity contribution in [3.8, 4) is 34.5 Å². The average molecular weight is 541 g/mol. The molecule has 1 heterocycles. The normalized spacial score (nSPS) is 10.8. The molecular formula is C26H25BrN2O6. The maximum atomic E-state index is 12.5. The van der Waals surface area contributed by atoms with Crippen molar-refractivity contribution >= 4 is 38.6 Å². The molecule has 1 N–H and O–H groups in total. The number of halogens is 1. The van der Waals surface area contributed by atoms with Gasteiger partial charge in [0.1, 0.15) is 11.3 Å². The minimum absolute atomic E-state index is 0.129. The number of carbonyl (C=O) groups excluding carboxylic acids is 1. The number of aryl methyl sites for hydroxylation is 2. The fraction of sp³-hybridized carbons (Fsp3) is 0.231. The second-order valence-electron chi connectivity index (χ2n) is 7.85. The zero-order valence-corrected chi connectivity index (χ0v) is 21.6. The topological polar surface area (TPSA) is 92.1 Å². The Morgan fingerprint density at radius 1 is 0.971 bits per heavy atom. The first-order valence-electron chi connectivity index (χ1n) is 10.7. The van der Waals surface area contributed by atoms with Gasteiger partial charge >= 0.3 is 0 Å². The predicted octanol–water partition coefficient (Wildman–Crippen LogP) is 5.92. The van der Waals surface area contributed by atoms with Crippen LogP contribution in [0.5, 0.6) is 23.0 Å². The molecule has 3 aromatic carbocycles. The molecule has 0 aliphatic carbocycles. The van der Waals surface area contributed by atoms with Crippen molar-refractivity contribution in [2.75, 3.05) is 33.3 Å². The van der Waals surface area contributed by atoms with Gasteiger partial charge in [0, 0.05) is 11.3 Å². The van der Waals surface area contributed by atoms with Crippen LogP contribution in [0.3, 0.4) is 0 Å². The number of anilines is 1. The van der Waals surface area contributed by atoms with Gasteiger partial charge < -0.3 is 28.7 Å². The van der Waals surface area contributed by atoms with Crippen molar-refractivity contribution in [2.24, 2.45) is 0 Å². The first-order chi connectivity index (χ1) is 16.8. The molecule has 0 radical (unpaired) electrons. The third-order valence-electron chi connectivity index (χ3n) is 5.30. The molecule has 0 aliphatic rings. The Kier molecular flexibility index (Phi) is 7.16. The number of rotatable bonds is 8. The van der Waals surface area contributed by atoms with Crippen molar-refractivity contribution in [2.45, 2.75) is 13.8 Å². The number of hydrogen-bond donors (Lipinski definition) is 1. The molecule has 9 heteroatoms. The van der Waals surface area contributed by atoms with Crippen molar-refractivity contribution in [3.63, 3.8) is 0 Å². The Bertz CT molecular complexity index is 1350. The van der Waals surface area contributed by atoms with Crippen LogP contribution in [0.2, 0.25) is 0 Å². The van der Waals surface area contributed by atoms with Gasteiger partial charge in [0.15, 0.2) is 23.7 Å². The molecule has 8 nitrogen and oxygen atoms in total. The standard InChI is InChI=1S/C26H25BrN2O6/c1-14-8-15(2)24(18(27)9-14)34-13-23(30)28-17-6-7-20-19(12-17)29-26(35-20)16-10-21(31-3)25(33-5)22(11-16)32-4/h6-12H,13H2,1-5H3,(H,28,30). The average Bonchev–Trinajstić information content (AvgIpc) is 3.25. The molecular weight excluding hydrogens is 516 g/mol. The zero-order valence-electron chi connectivity index (χ0n) is 20.0. The van der Waals surface area contributed by atoms with Crippen molar-refractivity contribution < 1.29 is 28.2 Å². The highest BCUT2D eigenvalue weighted by Crippen LogP contribution is 2.41. The van der Waals surface area contributed by atoms with E-state index in [1.54, 1.807) is 51.7 Å². The molecule has 0 saturated heterocycles. The number of amides is 1. The fourth-order valence-corrected chi connectivity index (χ4v) is 4.54. The summed E-state index contributed by atoms with van der Waals surface area (Å²) in [6.07, 6.45) is 0. The smallest absolute Gasteiger partial charge is 0.262 e. The summed E-state index contributed by atoms with van der Waals surface area (Å²) in [5.41, 5.74) is 4.46. The molecule has 35 heavy (non-hydrogen) atoms. The second kappa shape index (κ2) is 10.3. The summed E-state index contributed by atoms with van der Waals surface area (Å²) < 4.78 is 28.7. The third-order valence-corrected chi connectivity index (χ3v) is 5.89. The molecule has 0 unspecified atom stereocenters. The lowest BCUT2D eigenvalue weighted by atomic mass is 10.1. The Morgan fingerprint density at radius 3 is 2.31 bits per heavy atom. The number of methoxy groups -OCH3 is 3. The molecule has 0 bridgehead atoms. The Morgan fingerprint density at radius 2 is 1.69 bits per heavy atom. The van der Waals surface area contributed by atoms with Crippen LogP contribution in [0, 0.1) is 13.8 Å². The largest absolute Gasteiger partial charge is 0.493 e. The molecule has 182 valence electrons. The summed E-state index contributed by atoms with van der Waals surface area (Å²) in [6, 6.07) is 12.7. The van der Waals surface area contributed by atoms with E-state index >= 15 is 0 Å². The van der Waals surface area contributed by atoms with Crippen LogP contribution in [-0.4, -0.2) is 38.8 Å². The van der Waals surface area contributed by atoms with E-state index in [0.29, 0.717) is 51.2 Å². The molecule has 0 spiro atoms. The summed E-state index contributed by atoms with van der Waals surface area (Å²) in [4.78, 5) is 17.1. The van der Waals surface area contributed by atoms with Crippen molar-refractivity contribution in [3.05, 3.63) is 58.1 Å². The van der Waals surface area contributed by atoms with Gasteiger partial charge in [-0.05, 0) is 77.3 Å². The molecule has 1 amide bonds. The minimum Gasteiger partial charge on any atom is -0.493 e. The van der Waals surface area contributed by atoms with Crippen LogP contribution in [0.25, 0.3) is 22.6 Å². The molecule has 1 aromatic heterocycles. The van der Waals surface area contributed by atoms with E-state index in [-0.39, 0.29) is 12.5 Å². The van der Waals surface area contributed by atoms with Crippen LogP contribution < -0.4 is 24.3 Å².